The maximum atomic E-state index is 13.9. The average Bonchev–Trinajstić information content (AvgIpc) is 3.40. The summed E-state index contributed by atoms with van der Waals surface area (Å²) in [5, 5.41) is 2.44. The van der Waals surface area contributed by atoms with E-state index in [1.54, 1.807) is 30.0 Å². The fourth-order valence-electron chi connectivity index (χ4n) is 4.12. The zero-order chi connectivity index (χ0) is 23.9. The van der Waals surface area contributed by atoms with E-state index >= 15 is 0 Å². The molecule has 0 N–H and O–H groups in total. The molecule has 8 heteroatoms. The molecule has 0 spiro atoms. The van der Waals surface area contributed by atoms with Gasteiger partial charge in [0.2, 0.25) is 0 Å². The van der Waals surface area contributed by atoms with Crippen LogP contribution in [0.15, 0.2) is 105 Å². The number of methoxy groups -OCH3 is 1. The number of hydrogen-bond acceptors (Lipinski definition) is 7. The number of ether oxygens (including phenoxy) is 1. The molecule has 0 bridgehead atoms. The number of fused-ring (bicyclic) bond motifs is 2. The van der Waals surface area contributed by atoms with Gasteiger partial charge in [-0.05, 0) is 60.3 Å². The molecule has 0 atom stereocenters. The minimum atomic E-state index is -0.0903. The van der Waals surface area contributed by atoms with Crippen molar-refractivity contribution in [2.24, 2.45) is 4.99 Å². The third kappa shape index (κ3) is 3.75. The van der Waals surface area contributed by atoms with Gasteiger partial charge in [0, 0.05) is 29.6 Å². The third-order valence-corrected chi connectivity index (χ3v) is 8.26. The lowest BCUT2D eigenvalue weighted by molar-refractivity contribution is -0.113. The molecule has 1 aromatic heterocycles. The van der Waals surface area contributed by atoms with Gasteiger partial charge in [0.25, 0.3) is 5.91 Å². The molecule has 0 unspecified atom stereocenters. The second-order valence-electron chi connectivity index (χ2n) is 7.95. The number of pyridine rings is 1. The first-order valence-corrected chi connectivity index (χ1v) is 12.6. The van der Waals surface area contributed by atoms with E-state index in [2.05, 4.69) is 9.88 Å². The number of carbonyl (C=O) groups excluding carboxylic acids is 1. The summed E-state index contributed by atoms with van der Waals surface area (Å²) in [6, 6.07) is 25.4. The molecule has 3 heterocycles. The summed E-state index contributed by atoms with van der Waals surface area (Å²) < 4.78 is 5.41. The van der Waals surface area contributed by atoms with Gasteiger partial charge in [-0.3, -0.25) is 14.7 Å². The van der Waals surface area contributed by atoms with Crippen molar-refractivity contribution in [1.82, 2.24) is 4.98 Å². The number of aliphatic imine (C=N–C) groups is 1. The topological polar surface area (TPSA) is 58.0 Å². The molecule has 1 fully saturated rings. The van der Waals surface area contributed by atoms with E-state index in [1.807, 2.05) is 85.9 Å². The summed E-state index contributed by atoms with van der Waals surface area (Å²) >= 11 is 2.99. The lowest BCUT2D eigenvalue weighted by Gasteiger charge is -2.17. The van der Waals surface area contributed by atoms with Crippen LogP contribution in [0.25, 0.3) is 10.9 Å². The summed E-state index contributed by atoms with van der Waals surface area (Å²) in [4.78, 5) is 28.8. The molecule has 35 heavy (non-hydrogen) atoms. The van der Waals surface area contributed by atoms with Crippen molar-refractivity contribution in [3.05, 3.63) is 95.0 Å². The summed E-state index contributed by atoms with van der Waals surface area (Å²) in [6.07, 6.45) is 1.77. The maximum absolute atomic E-state index is 13.9. The van der Waals surface area contributed by atoms with Crippen LogP contribution < -0.4 is 14.5 Å². The molecule has 172 valence electrons. The standard InChI is InChI=1S/C27H20N4O2S2/c1-30-22-16-18(33-2)13-14-23(22)34-26(30)24-25(32)31(17-8-4-3-5-9-17)27(35-24)29-21-12-6-11-20-19(21)10-7-15-28-20/h3-16H,1-2H3. The van der Waals surface area contributed by atoms with Crippen molar-refractivity contribution in [1.29, 1.82) is 0 Å². The van der Waals surface area contributed by atoms with E-state index in [9.17, 15) is 4.79 Å². The van der Waals surface area contributed by atoms with E-state index in [-0.39, 0.29) is 5.91 Å². The number of para-hydroxylation sites is 1. The number of amidine groups is 1. The van der Waals surface area contributed by atoms with Gasteiger partial charge in [-0.25, -0.2) is 4.99 Å². The number of hydrogen-bond donors (Lipinski definition) is 0. The Hall–Kier alpha value is -3.75. The molecule has 6 rings (SSSR count). The SMILES string of the molecule is COc1ccc2c(c1)N(C)C(=C1SC(=Nc3cccc4ncccc34)N(c3ccccc3)C1=O)S2. The van der Waals surface area contributed by atoms with Gasteiger partial charge in [0.15, 0.2) is 5.17 Å². The molecule has 1 saturated heterocycles. The second kappa shape index (κ2) is 8.79. The maximum Gasteiger partial charge on any atom is 0.274 e. The van der Waals surface area contributed by atoms with Crippen LogP contribution in [0.3, 0.4) is 0 Å². The van der Waals surface area contributed by atoms with Crippen LogP contribution in [-0.2, 0) is 4.79 Å². The fraction of sp³-hybridized carbons (Fsp3) is 0.0741. The van der Waals surface area contributed by atoms with Crippen molar-refractivity contribution >= 4 is 62.6 Å². The van der Waals surface area contributed by atoms with E-state index in [1.165, 1.54) is 11.8 Å². The second-order valence-corrected chi connectivity index (χ2v) is 9.96. The third-order valence-electron chi connectivity index (χ3n) is 5.87. The Kier molecular flexibility index (Phi) is 5.47. The Morgan fingerprint density at radius 1 is 0.943 bits per heavy atom. The molecular weight excluding hydrogens is 476 g/mol. The minimum Gasteiger partial charge on any atom is -0.497 e. The molecule has 4 aromatic rings. The van der Waals surface area contributed by atoms with E-state index in [0.29, 0.717) is 10.1 Å². The van der Waals surface area contributed by atoms with Crippen LogP contribution >= 0.6 is 23.5 Å². The molecule has 1 amide bonds. The first-order chi connectivity index (χ1) is 17.1. The highest BCUT2D eigenvalue weighted by molar-refractivity contribution is 8.20. The molecule has 3 aromatic carbocycles. The van der Waals surface area contributed by atoms with Crippen molar-refractivity contribution < 1.29 is 9.53 Å². The van der Waals surface area contributed by atoms with Gasteiger partial charge in [-0.15, -0.1) is 0 Å². The Morgan fingerprint density at radius 2 is 1.80 bits per heavy atom. The first kappa shape index (κ1) is 21.8. The minimum absolute atomic E-state index is 0.0903. The Morgan fingerprint density at radius 3 is 2.63 bits per heavy atom. The van der Waals surface area contributed by atoms with E-state index in [0.717, 1.165) is 43.6 Å². The van der Waals surface area contributed by atoms with Crippen molar-refractivity contribution in [2.75, 3.05) is 24.0 Å². The van der Waals surface area contributed by atoms with Gasteiger partial charge in [-0.2, -0.15) is 0 Å². The van der Waals surface area contributed by atoms with Crippen LogP contribution in [-0.4, -0.2) is 30.2 Å². The van der Waals surface area contributed by atoms with Gasteiger partial charge >= 0.3 is 0 Å². The van der Waals surface area contributed by atoms with Crippen LogP contribution in [0, 0.1) is 0 Å². The lowest BCUT2D eigenvalue weighted by atomic mass is 10.2. The fourth-order valence-corrected chi connectivity index (χ4v) is 6.44. The highest BCUT2D eigenvalue weighted by atomic mass is 32.2. The van der Waals surface area contributed by atoms with Crippen LogP contribution in [0.4, 0.5) is 17.1 Å². The molecule has 2 aliphatic heterocycles. The van der Waals surface area contributed by atoms with Crippen molar-refractivity contribution in [3.8, 4) is 5.75 Å². The summed E-state index contributed by atoms with van der Waals surface area (Å²) in [5.74, 6) is 0.693. The Bertz CT molecular complexity index is 1530. The monoisotopic (exact) mass is 496 g/mol. The number of nitrogens with zero attached hydrogens (tertiary/aromatic N) is 4. The van der Waals surface area contributed by atoms with Crippen molar-refractivity contribution in [2.45, 2.75) is 4.90 Å². The molecule has 6 nitrogen and oxygen atoms in total. The number of anilines is 2. The zero-order valence-electron chi connectivity index (χ0n) is 19.0. The summed E-state index contributed by atoms with van der Waals surface area (Å²) in [5.41, 5.74) is 3.44. The lowest BCUT2D eigenvalue weighted by Crippen LogP contribution is -2.29. The predicted octanol–water partition coefficient (Wildman–Crippen LogP) is 6.42. The zero-order valence-corrected chi connectivity index (χ0v) is 20.6. The Balaban J connectivity index is 1.48. The van der Waals surface area contributed by atoms with Crippen molar-refractivity contribution in [3.63, 3.8) is 0 Å². The molecule has 0 radical (unpaired) electrons. The summed E-state index contributed by atoms with van der Waals surface area (Å²) in [6.45, 7) is 0. The van der Waals surface area contributed by atoms with E-state index < -0.39 is 0 Å². The van der Waals surface area contributed by atoms with Crippen LogP contribution in [0.1, 0.15) is 0 Å². The summed E-state index contributed by atoms with van der Waals surface area (Å²) in [7, 11) is 3.63. The van der Waals surface area contributed by atoms with Gasteiger partial charge in [-0.1, -0.05) is 36.0 Å². The first-order valence-electron chi connectivity index (χ1n) is 11.0. The number of carbonyl (C=O) groups is 1. The molecular formula is C27H20N4O2S2. The number of benzene rings is 3. The average molecular weight is 497 g/mol. The predicted molar refractivity (Wildman–Crippen MR) is 145 cm³/mol. The number of rotatable bonds is 3. The van der Waals surface area contributed by atoms with Gasteiger partial charge < -0.3 is 9.64 Å². The quantitative estimate of drug-likeness (QED) is 0.305. The smallest absolute Gasteiger partial charge is 0.274 e. The van der Waals surface area contributed by atoms with Crippen LogP contribution in [0.2, 0.25) is 0 Å². The highest BCUT2D eigenvalue weighted by Gasteiger charge is 2.40. The molecule has 2 aliphatic rings. The number of amides is 1. The normalized spacial score (nSPS) is 18.6. The Labute approximate surface area is 211 Å². The number of aromatic nitrogens is 1. The number of thioether (sulfide) groups is 2. The largest absolute Gasteiger partial charge is 0.497 e. The molecule has 0 saturated carbocycles. The van der Waals surface area contributed by atoms with E-state index in [4.69, 9.17) is 9.73 Å². The molecule has 0 aliphatic carbocycles. The van der Waals surface area contributed by atoms with Gasteiger partial charge in [0.1, 0.15) is 10.7 Å². The highest BCUT2D eigenvalue weighted by Crippen LogP contribution is 2.51. The van der Waals surface area contributed by atoms with Gasteiger partial charge in [0.05, 0.1) is 34.7 Å². The van der Waals surface area contributed by atoms with Crippen LogP contribution in [0.5, 0.6) is 5.75 Å².